The van der Waals surface area contributed by atoms with Crippen molar-refractivity contribution in [3.05, 3.63) is 47.5 Å². The van der Waals surface area contributed by atoms with Gasteiger partial charge in [0.15, 0.2) is 0 Å². The van der Waals surface area contributed by atoms with Gasteiger partial charge in [-0.25, -0.2) is 9.78 Å². The number of aliphatic carboxylic acids is 1. The number of hydrazone groups is 1. The first-order valence-corrected chi connectivity index (χ1v) is 6.12. The van der Waals surface area contributed by atoms with Crippen molar-refractivity contribution < 1.29 is 14.7 Å². The number of ketones is 1. The maximum absolute atomic E-state index is 12.0. The predicted octanol–water partition coefficient (Wildman–Crippen LogP) is 1.88. The normalized spacial score (nSPS) is 11.1. The molecule has 6 nitrogen and oxygen atoms in total. The highest BCUT2D eigenvalue weighted by molar-refractivity contribution is 7.13. The van der Waals surface area contributed by atoms with Crippen LogP contribution in [0, 0.1) is 0 Å². The quantitative estimate of drug-likeness (QED) is 0.376. The number of anilines is 1. The topological polar surface area (TPSA) is 91.7 Å². The van der Waals surface area contributed by atoms with Crippen LogP contribution in [0.4, 0.5) is 5.13 Å². The number of carboxylic acids is 1. The Morgan fingerprint density at radius 1 is 1.26 bits per heavy atom. The van der Waals surface area contributed by atoms with Gasteiger partial charge in [0, 0.05) is 17.1 Å². The second kappa shape index (κ2) is 5.87. The van der Waals surface area contributed by atoms with Crippen LogP contribution in [-0.4, -0.2) is 27.6 Å². The van der Waals surface area contributed by atoms with E-state index in [1.54, 1.807) is 29.8 Å². The molecule has 0 radical (unpaired) electrons. The van der Waals surface area contributed by atoms with Crippen LogP contribution in [0.25, 0.3) is 0 Å². The van der Waals surface area contributed by atoms with Gasteiger partial charge in [-0.15, -0.1) is 11.3 Å². The van der Waals surface area contributed by atoms with Crippen molar-refractivity contribution in [3.63, 3.8) is 0 Å². The Hall–Kier alpha value is -2.54. The fourth-order valence-electron chi connectivity index (χ4n) is 1.30. The van der Waals surface area contributed by atoms with Crippen molar-refractivity contribution in [2.24, 2.45) is 5.10 Å². The van der Waals surface area contributed by atoms with E-state index in [0.717, 1.165) is 0 Å². The van der Waals surface area contributed by atoms with Crippen molar-refractivity contribution in [3.8, 4) is 0 Å². The third-order valence-electron chi connectivity index (χ3n) is 2.15. The molecule has 0 atom stereocenters. The van der Waals surface area contributed by atoms with Crippen LogP contribution in [0.2, 0.25) is 0 Å². The fraction of sp³-hybridized carbons (Fsp3) is 0. The summed E-state index contributed by atoms with van der Waals surface area (Å²) in [6.45, 7) is 0. The van der Waals surface area contributed by atoms with E-state index in [9.17, 15) is 9.59 Å². The summed E-state index contributed by atoms with van der Waals surface area (Å²) in [5.74, 6) is -2.05. The Morgan fingerprint density at radius 2 is 2.00 bits per heavy atom. The fourth-order valence-corrected chi connectivity index (χ4v) is 1.78. The summed E-state index contributed by atoms with van der Waals surface area (Å²) in [5, 5.41) is 14.8. The van der Waals surface area contributed by atoms with Gasteiger partial charge < -0.3 is 5.11 Å². The summed E-state index contributed by atoms with van der Waals surface area (Å²) >= 11 is 1.25. The third kappa shape index (κ3) is 3.23. The Morgan fingerprint density at radius 3 is 2.58 bits per heavy atom. The molecule has 2 aromatic rings. The van der Waals surface area contributed by atoms with Crippen molar-refractivity contribution >= 4 is 33.9 Å². The molecule has 0 aliphatic heterocycles. The summed E-state index contributed by atoms with van der Waals surface area (Å²) in [6.07, 6.45) is 1.54. The largest absolute Gasteiger partial charge is 0.476 e. The molecule has 19 heavy (non-hydrogen) atoms. The summed E-state index contributed by atoms with van der Waals surface area (Å²) in [6, 6.07) is 8.11. The predicted molar refractivity (Wildman–Crippen MR) is 71.6 cm³/mol. The minimum absolute atomic E-state index is 0.268. The van der Waals surface area contributed by atoms with E-state index < -0.39 is 17.5 Å². The molecule has 2 N–H and O–H groups in total. The number of carbonyl (C=O) groups excluding carboxylic acids is 1. The first-order valence-electron chi connectivity index (χ1n) is 5.24. The molecule has 0 aliphatic rings. The Balaban J connectivity index is 2.23. The molecule has 0 saturated heterocycles. The summed E-state index contributed by atoms with van der Waals surface area (Å²) < 4.78 is 0. The van der Waals surface area contributed by atoms with E-state index in [2.05, 4.69) is 15.5 Å². The highest BCUT2D eigenvalue weighted by Gasteiger charge is 2.21. The maximum Gasteiger partial charge on any atom is 0.360 e. The molecular formula is C12H9N3O3S. The van der Waals surface area contributed by atoms with Crippen LogP contribution in [0.1, 0.15) is 10.4 Å². The van der Waals surface area contributed by atoms with Crippen molar-refractivity contribution in [2.75, 3.05) is 5.43 Å². The molecule has 0 spiro atoms. The number of hydrogen-bond donors (Lipinski definition) is 2. The lowest BCUT2D eigenvalue weighted by molar-refractivity contribution is -0.129. The van der Waals surface area contributed by atoms with Gasteiger partial charge in [0.25, 0.3) is 0 Å². The van der Waals surface area contributed by atoms with Gasteiger partial charge in [0.2, 0.25) is 16.6 Å². The van der Waals surface area contributed by atoms with Crippen LogP contribution < -0.4 is 5.43 Å². The second-order valence-electron chi connectivity index (χ2n) is 3.41. The molecule has 0 fully saturated rings. The van der Waals surface area contributed by atoms with Crippen LogP contribution in [0.5, 0.6) is 0 Å². The van der Waals surface area contributed by atoms with Crippen molar-refractivity contribution in [2.45, 2.75) is 0 Å². The molecule has 7 heteroatoms. The van der Waals surface area contributed by atoms with E-state index in [-0.39, 0.29) is 5.56 Å². The number of thiazole rings is 1. The van der Waals surface area contributed by atoms with Gasteiger partial charge in [0.1, 0.15) is 0 Å². The van der Waals surface area contributed by atoms with Gasteiger partial charge >= 0.3 is 5.97 Å². The van der Waals surface area contributed by atoms with Gasteiger partial charge in [-0.3, -0.25) is 10.2 Å². The van der Waals surface area contributed by atoms with Crippen LogP contribution in [-0.2, 0) is 4.79 Å². The number of aromatic nitrogens is 1. The molecule has 0 unspecified atom stereocenters. The molecule has 1 aromatic carbocycles. The van der Waals surface area contributed by atoms with Gasteiger partial charge in [-0.1, -0.05) is 30.3 Å². The highest BCUT2D eigenvalue weighted by Crippen LogP contribution is 2.10. The van der Waals surface area contributed by atoms with Crippen molar-refractivity contribution in [1.82, 2.24) is 4.98 Å². The van der Waals surface area contributed by atoms with Gasteiger partial charge in [-0.05, 0) is 0 Å². The molecule has 0 amide bonds. The number of nitrogens with one attached hydrogen (secondary N) is 1. The zero-order valence-corrected chi connectivity index (χ0v) is 10.4. The molecule has 2 rings (SSSR count). The smallest absolute Gasteiger partial charge is 0.360 e. The number of benzene rings is 1. The number of Topliss-reactive ketones (excluding diaryl/α,β-unsaturated/α-hetero) is 1. The number of hydrogen-bond acceptors (Lipinski definition) is 6. The summed E-state index contributed by atoms with van der Waals surface area (Å²) in [4.78, 5) is 26.9. The molecule has 0 aliphatic carbocycles. The minimum Gasteiger partial charge on any atom is -0.476 e. The first kappa shape index (κ1) is 12.9. The second-order valence-corrected chi connectivity index (χ2v) is 4.30. The van der Waals surface area contributed by atoms with Crippen LogP contribution in [0.15, 0.2) is 47.0 Å². The molecule has 0 saturated carbocycles. The SMILES string of the molecule is O=C(O)/C(=N\Nc1nccs1)C(=O)c1ccccc1. The standard InChI is InChI=1S/C12H9N3O3S/c16-10(8-4-2-1-3-5-8)9(11(17)18)14-15-12-13-6-7-19-12/h1-7H,(H,13,15)(H,17,18)/b14-9-. The van der Waals surface area contributed by atoms with Crippen molar-refractivity contribution in [1.29, 1.82) is 0 Å². The Bertz CT molecular complexity index is 608. The molecular weight excluding hydrogens is 266 g/mol. The van der Waals surface area contributed by atoms with E-state index in [1.807, 2.05) is 0 Å². The summed E-state index contributed by atoms with van der Waals surface area (Å²) in [7, 11) is 0. The lowest BCUT2D eigenvalue weighted by Crippen LogP contribution is -2.25. The molecule has 0 bridgehead atoms. The zero-order chi connectivity index (χ0) is 13.7. The third-order valence-corrected chi connectivity index (χ3v) is 2.83. The molecule has 96 valence electrons. The number of rotatable bonds is 5. The van der Waals surface area contributed by atoms with E-state index in [0.29, 0.717) is 5.13 Å². The molecule has 1 heterocycles. The minimum atomic E-state index is -1.39. The van der Waals surface area contributed by atoms with E-state index in [1.165, 1.54) is 23.5 Å². The average molecular weight is 275 g/mol. The van der Waals surface area contributed by atoms with Gasteiger partial charge in [0.05, 0.1) is 0 Å². The number of carbonyl (C=O) groups is 2. The zero-order valence-electron chi connectivity index (χ0n) is 9.61. The summed E-state index contributed by atoms with van der Waals surface area (Å²) in [5.41, 5.74) is 2.14. The van der Waals surface area contributed by atoms with Crippen LogP contribution >= 0.6 is 11.3 Å². The lowest BCUT2D eigenvalue weighted by atomic mass is 10.1. The number of carboxylic acid groups (broad SMARTS) is 1. The molecule has 1 aromatic heterocycles. The number of nitrogens with zero attached hydrogens (tertiary/aromatic N) is 2. The average Bonchev–Trinajstić information content (AvgIpc) is 2.92. The van der Waals surface area contributed by atoms with E-state index >= 15 is 0 Å². The maximum atomic E-state index is 12.0. The Kier molecular flexibility index (Phi) is 3.99. The highest BCUT2D eigenvalue weighted by atomic mass is 32.1. The monoisotopic (exact) mass is 275 g/mol. The Labute approximate surface area is 112 Å². The van der Waals surface area contributed by atoms with Crippen LogP contribution in [0.3, 0.4) is 0 Å². The van der Waals surface area contributed by atoms with Gasteiger partial charge in [-0.2, -0.15) is 5.10 Å². The first-order chi connectivity index (χ1) is 9.18. The lowest BCUT2D eigenvalue weighted by Gasteiger charge is -2.01. The van der Waals surface area contributed by atoms with E-state index in [4.69, 9.17) is 5.11 Å².